The summed E-state index contributed by atoms with van der Waals surface area (Å²) in [6, 6.07) is 14.1. The van der Waals surface area contributed by atoms with E-state index in [1.54, 1.807) is 6.07 Å². The van der Waals surface area contributed by atoms with Crippen molar-refractivity contribution in [2.75, 3.05) is 0 Å². The van der Waals surface area contributed by atoms with Gasteiger partial charge in [-0.25, -0.2) is 13.8 Å². The second kappa shape index (κ2) is 5.73. The molecule has 0 aliphatic carbocycles. The maximum absolute atomic E-state index is 13.8. The predicted octanol–water partition coefficient (Wildman–Crippen LogP) is 5.40. The van der Waals surface area contributed by atoms with Crippen molar-refractivity contribution < 1.29 is 8.78 Å². The zero-order valence-electron chi connectivity index (χ0n) is 13.5. The molecule has 1 aromatic heterocycles. The molecule has 0 amide bonds. The molecule has 0 radical (unpaired) electrons. The molecule has 0 aliphatic rings. The third-order valence-electron chi connectivity index (χ3n) is 3.97. The number of pyridine rings is 1. The molecule has 0 unspecified atom stereocenters. The van der Waals surface area contributed by atoms with Crippen molar-refractivity contribution in [2.45, 2.75) is 32.6 Å². The minimum absolute atomic E-state index is 0.118. The normalized spacial score (nSPS) is 11.9. The van der Waals surface area contributed by atoms with Crippen LogP contribution in [0.25, 0.3) is 10.9 Å². The molecule has 0 atom stereocenters. The van der Waals surface area contributed by atoms with Crippen LogP contribution in [0.3, 0.4) is 0 Å². The van der Waals surface area contributed by atoms with Crippen LogP contribution < -0.4 is 0 Å². The molecule has 0 spiro atoms. The quantitative estimate of drug-likeness (QED) is 0.617. The number of rotatable bonds is 2. The fourth-order valence-electron chi connectivity index (χ4n) is 2.63. The minimum atomic E-state index is -0.620. The molecular formula is C20H19F2N. The molecular weight excluding hydrogens is 292 g/mol. The van der Waals surface area contributed by atoms with Crippen molar-refractivity contribution >= 4 is 10.9 Å². The maximum atomic E-state index is 13.8. The van der Waals surface area contributed by atoms with Gasteiger partial charge in [0.15, 0.2) is 5.82 Å². The van der Waals surface area contributed by atoms with E-state index in [-0.39, 0.29) is 10.9 Å². The van der Waals surface area contributed by atoms with Crippen molar-refractivity contribution in [3.8, 4) is 0 Å². The zero-order chi connectivity index (χ0) is 16.6. The molecule has 0 saturated carbocycles. The lowest BCUT2D eigenvalue weighted by molar-refractivity contribution is 0.589. The highest BCUT2D eigenvalue weighted by Crippen LogP contribution is 2.23. The summed E-state index contributed by atoms with van der Waals surface area (Å²) in [6.45, 7) is 6.53. The number of hydrogen-bond donors (Lipinski definition) is 0. The first kappa shape index (κ1) is 15.6. The third kappa shape index (κ3) is 3.39. The standard InChI is InChI=1S/C20H19F2N/c1-20(2,3)15-7-4-13(5-8-15)10-17-9-6-14-11-16(21)12-18(22)19(14)23-17/h4-9,11-12H,10H2,1-3H3. The van der Waals surface area contributed by atoms with Crippen LogP contribution in [0.2, 0.25) is 0 Å². The van der Waals surface area contributed by atoms with Crippen LogP contribution in [-0.2, 0) is 11.8 Å². The van der Waals surface area contributed by atoms with Crippen molar-refractivity contribution in [2.24, 2.45) is 0 Å². The first-order chi connectivity index (χ1) is 10.8. The van der Waals surface area contributed by atoms with E-state index in [0.717, 1.165) is 17.3 Å². The molecule has 0 saturated heterocycles. The van der Waals surface area contributed by atoms with E-state index < -0.39 is 11.6 Å². The second-order valence-electron chi connectivity index (χ2n) is 6.89. The van der Waals surface area contributed by atoms with Gasteiger partial charge in [0, 0.05) is 23.6 Å². The Labute approximate surface area is 135 Å². The molecule has 0 N–H and O–H groups in total. The van der Waals surface area contributed by atoms with E-state index in [9.17, 15) is 8.78 Å². The topological polar surface area (TPSA) is 12.9 Å². The zero-order valence-corrected chi connectivity index (χ0v) is 13.5. The molecule has 1 nitrogen and oxygen atoms in total. The van der Waals surface area contributed by atoms with Gasteiger partial charge in [0.25, 0.3) is 0 Å². The molecule has 0 fully saturated rings. The molecule has 3 rings (SSSR count). The van der Waals surface area contributed by atoms with E-state index in [1.807, 2.05) is 6.07 Å². The number of fused-ring (bicyclic) bond motifs is 1. The smallest absolute Gasteiger partial charge is 0.152 e. The highest BCUT2D eigenvalue weighted by molar-refractivity contribution is 5.79. The van der Waals surface area contributed by atoms with Gasteiger partial charge < -0.3 is 0 Å². The summed E-state index contributed by atoms with van der Waals surface area (Å²) < 4.78 is 27.1. The van der Waals surface area contributed by atoms with E-state index in [1.165, 1.54) is 11.6 Å². The van der Waals surface area contributed by atoms with Gasteiger partial charge in [-0.2, -0.15) is 0 Å². The van der Waals surface area contributed by atoms with Gasteiger partial charge in [0.2, 0.25) is 0 Å². The molecule has 3 aromatic rings. The lowest BCUT2D eigenvalue weighted by atomic mass is 9.86. The Kier molecular flexibility index (Phi) is 3.88. The summed E-state index contributed by atoms with van der Waals surface area (Å²) >= 11 is 0. The average Bonchev–Trinajstić information content (AvgIpc) is 2.47. The van der Waals surface area contributed by atoms with Crippen LogP contribution in [0.1, 0.15) is 37.6 Å². The molecule has 3 heteroatoms. The van der Waals surface area contributed by atoms with Crippen LogP contribution in [-0.4, -0.2) is 4.98 Å². The molecule has 2 aromatic carbocycles. The van der Waals surface area contributed by atoms with E-state index in [2.05, 4.69) is 50.0 Å². The van der Waals surface area contributed by atoms with Gasteiger partial charge in [-0.15, -0.1) is 0 Å². The van der Waals surface area contributed by atoms with Crippen LogP contribution >= 0.6 is 0 Å². The summed E-state index contributed by atoms with van der Waals surface area (Å²) in [5.41, 5.74) is 3.50. The van der Waals surface area contributed by atoms with Gasteiger partial charge in [0.05, 0.1) is 0 Å². The second-order valence-corrected chi connectivity index (χ2v) is 6.89. The summed E-state index contributed by atoms with van der Waals surface area (Å²) in [5.74, 6) is -1.20. The monoisotopic (exact) mass is 311 g/mol. The van der Waals surface area contributed by atoms with Crippen molar-refractivity contribution in [1.29, 1.82) is 0 Å². The van der Waals surface area contributed by atoms with Crippen LogP contribution in [0.5, 0.6) is 0 Å². The molecule has 1 heterocycles. The third-order valence-corrected chi connectivity index (χ3v) is 3.97. The maximum Gasteiger partial charge on any atom is 0.152 e. The van der Waals surface area contributed by atoms with Gasteiger partial charge in [-0.3, -0.25) is 0 Å². The highest BCUT2D eigenvalue weighted by atomic mass is 19.1. The first-order valence-corrected chi connectivity index (χ1v) is 7.67. The van der Waals surface area contributed by atoms with Gasteiger partial charge >= 0.3 is 0 Å². The van der Waals surface area contributed by atoms with Crippen LogP contribution in [0, 0.1) is 11.6 Å². The molecule has 23 heavy (non-hydrogen) atoms. The summed E-state index contributed by atoms with van der Waals surface area (Å²) in [5, 5.41) is 0.481. The SMILES string of the molecule is CC(C)(C)c1ccc(Cc2ccc3cc(F)cc(F)c3n2)cc1. The lowest BCUT2D eigenvalue weighted by Crippen LogP contribution is -2.10. The van der Waals surface area contributed by atoms with E-state index in [4.69, 9.17) is 0 Å². The van der Waals surface area contributed by atoms with Crippen molar-refractivity contribution in [1.82, 2.24) is 4.98 Å². The fourth-order valence-corrected chi connectivity index (χ4v) is 2.63. The van der Waals surface area contributed by atoms with Gasteiger partial charge in [-0.05, 0) is 28.7 Å². The summed E-state index contributed by atoms with van der Waals surface area (Å²) in [6.07, 6.45) is 0.622. The average molecular weight is 311 g/mol. The van der Waals surface area contributed by atoms with Crippen LogP contribution in [0.15, 0.2) is 48.5 Å². The van der Waals surface area contributed by atoms with Crippen molar-refractivity contribution in [3.63, 3.8) is 0 Å². The van der Waals surface area contributed by atoms with E-state index >= 15 is 0 Å². The number of benzene rings is 2. The Morgan fingerprint density at radius 2 is 1.61 bits per heavy atom. The van der Waals surface area contributed by atoms with Crippen molar-refractivity contribution in [3.05, 3.63) is 77.0 Å². The van der Waals surface area contributed by atoms with E-state index in [0.29, 0.717) is 11.8 Å². The molecule has 0 aliphatic heterocycles. The Bertz CT molecular complexity index is 846. The highest BCUT2D eigenvalue weighted by Gasteiger charge is 2.13. The van der Waals surface area contributed by atoms with Gasteiger partial charge in [-0.1, -0.05) is 51.1 Å². The fraction of sp³-hybridized carbons (Fsp3) is 0.250. The lowest BCUT2D eigenvalue weighted by Gasteiger charge is -2.19. The Morgan fingerprint density at radius 1 is 0.913 bits per heavy atom. The molecule has 0 bridgehead atoms. The molecule has 118 valence electrons. The number of halogens is 2. The Balaban J connectivity index is 1.89. The number of hydrogen-bond acceptors (Lipinski definition) is 1. The minimum Gasteiger partial charge on any atom is -0.249 e. The largest absolute Gasteiger partial charge is 0.249 e. The summed E-state index contributed by atoms with van der Waals surface area (Å²) in [4.78, 5) is 4.34. The Morgan fingerprint density at radius 3 is 2.26 bits per heavy atom. The summed E-state index contributed by atoms with van der Waals surface area (Å²) in [7, 11) is 0. The van der Waals surface area contributed by atoms with Crippen LogP contribution in [0.4, 0.5) is 8.78 Å². The van der Waals surface area contributed by atoms with Gasteiger partial charge in [0.1, 0.15) is 11.3 Å². The Hall–Kier alpha value is -2.29. The number of aromatic nitrogens is 1. The number of nitrogens with zero attached hydrogens (tertiary/aromatic N) is 1. The predicted molar refractivity (Wildman–Crippen MR) is 89.6 cm³/mol. The first-order valence-electron chi connectivity index (χ1n) is 7.67.